The second-order valence-corrected chi connectivity index (χ2v) is 8.48. The molecular weight excluding hydrogens is 440 g/mol. The smallest absolute Gasteiger partial charge is 0.266 e. The number of halogens is 1. The highest BCUT2D eigenvalue weighted by Crippen LogP contribution is 2.22. The molecule has 0 saturated heterocycles. The Hall–Kier alpha value is -2.94. The number of nitrogens with zero attached hydrogens (tertiary/aromatic N) is 3. The van der Waals surface area contributed by atoms with Gasteiger partial charge < -0.3 is 0 Å². The third-order valence-electron chi connectivity index (χ3n) is 4.09. The van der Waals surface area contributed by atoms with Crippen LogP contribution in [0.2, 0.25) is 5.02 Å². The van der Waals surface area contributed by atoms with Crippen LogP contribution in [0.3, 0.4) is 0 Å². The lowest BCUT2D eigenvalue weighted by Crippen LogP contribution is -2.24. The van der Waals surface area contributed by atoms with E-state index in [0.717, 1.165) is 4.88 Å². The van der Waals surface area contributed by atoms with Gasteiger partial charge in [0.15, 0.2) is 5.16 Å². The maximum absolute atomic E-state index is 13.1. The van der Waals surface area contributed by atoms with Crippen LogP contribution >= 0.6 is 34.7 Å². The number of rotatable bonds is 6. The van der Waals surface area contributed by atoms with E-state index in [9.17, 15) is 9.59 Å². The third kappa shape index (κ3) is 4.62. The molecule has 0 aliphatic rings. The van der Waals surface area contributed by atoms with E-state index in [1.54, 1.807) is 48.7 Å². The third-order valence-corrected chi connectivity index (χ3v) is 6.08. The van der Waals surface area contributed by atoms with Gasteiger partial charge in [0, 0.05) is 9.90 Å². The zero-order valence-electron chi connectivity index (χ0n) is 15.5. The number of benzene rings is 2. The Bertz CT molecular complexity index is 1270. The molecule has 150 valence electrons. The van der Waals surface area contributed by atoms with Crippen LogP contribution in [0.4, 0.5) is 0 Å². The van der Waals surface area contributed by atoms with Crippen LogP contribution in [0.1, 0.15) is 4.88 Å². The lowest BCUT2D eigenvalue weighted by molar-refractivity contribution is -0.118. The first-order valence-corrected chi connectivity index (χ1v) is 11.1. The Morgan fingerprint density at radius 2 is 1.97 bits per heavy atom. The van der Waals surface area contributed by atoms with Gasteiger partial charge in [0.2, 0.25) is 0 Å². The highest BCUT2D eigenvalue weighted by molar-refractivity contribution is 7.99. The fourth-order valence-corrected chi connectivity index (χ4v) is 4.24. The second-order valence-electron chi connectivity index (χ2n) is 6.13. The second kappa shape index (κ2) is 9.25. The zero-order valence-corrected chi connectivity index (χ0v) is 17.9. The molecule has 0 radical (unpaired) electrons. The summed E-state index contributed by atoms with van der Waals surface area (Å²) >= 11 is 8.68. The first-order chi connectivity index (χ1) is 14.6. The molecule has 1 N–H and O–H groups in total. The molecule has 0 saturated carbocycles. The molecule has 0 aliphatic heterocycles. The highest BCUT2D eigenvalue weighted by atomic mass is 35.5. The van der Waals surface area contributed by atoms with Crippen molar-refractivity contribution in [3.05, 3.63) is 86.3 Å². The average Bonchev–Trinajstić information content (AvgIpc) is 3.27. The van der Waals surface area contributed by atoms with Crippen LogP contribution < -0.4 is 11.0 Å². The van der Waals surface area contributed by atoms with Gasteiger partial charge in [0.1, 0.15) is 0 Å². The quantitative estimate of drug-likeness (QED) is 0.203. The van der Waals surface area contributed by atoms with Crippen molar-refractivity contribution < 1.29 is 4.79 Å². The minimum absolute atomic E-state index is 0.0557. The number of carbonyl (C=O) groups is 1. The Morgan fingerprint density at radius 3 is 2.73 bits per heavy atom. The summed E-state index contributed by atoms with van der Waals surface area (Å²) in [5, 5.41) is 7.37. The molecule has 0 atom stereocenters. The van der Waals surface area contributed by atoms with E-state index in [2.05, 4.69) is 15.5 Å². The van der Waals surface area contributed by atoms with Gasteiger partial charge in [0.25, 0.3) is 11.5 Å². The van der Waals surface area contributed by atoms with Crippen molar-refractivity contribution in [2.45, 2.75) is 5.16 Å². The van der Waals surface area contributed by atoms with Crippen LogP contribution in [0.5, 0.6) is 0 Å². The van der Waals surface area contributed by atoms with Crippen molar-refractivity contribution >= 4 is 57.7 Å². The molecule has 0 bridgehead atoms. The van der Waals surface area contributed by atoms with E-state index in [1.165, 1.54) is 27.7 Å². The molecule has 4 rings (SSSR count). The van der Waals surface area contributed by atoms with E-state index >= 15 is 0 Å². The van der Waals surface area contributed by atoms with Gasteiger partial charge in [-0.05, 0) is 47.8 Å². The lowest BCUT2D eigenvalue weighted by Gasteiger charge is -2.13. The van der Waals surface area contributed by atoms with Gasteiger partial charge in [-0.2, -0.15) is 5.10 Å². The Labute approximate surface area is 185 Å². The Balaban J connectivity index is 1.60. The summed E-state index contributed by atoms with van der Waals surface area (Å²) in [5.41, 5.74) is 3.49. The number of nitrogens with one attached hydrogen (secondary N) is 1. The number of carbonyl (C=O) groups excluding carboxylic acids is 1. The first-order valence-electron chi connectivity index (χ1n) is 8.88. The normalized spacial score (nSPS) is 11.2. The van der Waals surface area contributed by atoms with Crippen molar-refractivity contribution in [2.75, 3.05) is 5.75 Å². The zero-order chi connectivity index (χ0) is 20.9. The van der Waals surface area contributed by atoms with E-state index in [1.807, 2.05) is 23.6 Å². The molecule has 2 aromatic carbocycles. The molecule has 0 fully saturated rings. The van der Waals surface area contributed by atoms with E-state index < -0.39 is 0 Å². The summed E-state index contributed by atoms with van der Waals surface area (Å²) < 4.78 is 1.49. The number of thioether (sulfide) groups is 1. The summed E-state index contributed by atoms with van der Waals surface area (Å²) in [7, 11) is 0. The summed E-state index contributed by atoms with van der Waals surface area (Å²) in [6.07, 6.45) is 1.59. The SMILES string of the molecule is O=C(CSc1nc2ccccc2c(=O)n1-c1ccc(Cl)cc1)N/N=C\c1cccs1. The number of aromatic nitrogens is 2. The molecule has 6 nitrogen and oxygen atoms in total. The monoisotopic (exact) mass is 454 g/mol. The van der Waals surface area contributed by atoms with Crippen LogP contribution in [0.25, 0.3) is 16.6 Å². The van der Waals surface area contributed by atoms with Crippen LogP contribution in [0, 0.1) is 0 Å². The average molecular weight is 455 g/mol. The molecule has 2 aromatic heterocycles. The van der Waals surface area contributed by atoms with Crippen molar-refractivity contribution in [3.8, 4) is 5.69 Å². The molecule has 0 aliphatic carbocycles. The van der Waals surface area contributed by atoms with Crippen molar-refractivity contribution in [1.29, 1.82) is 0 Å². The van der Waals surface area contributed by atoms with E-state index in [4.69, 9.17) is 11.6 Å². The molecule has 4 aromatic rings. The maximum Gasteiger partial charge on any atom is 0.266 e. The molecule has 1 amide bonds. The fraction of sp³-hybridized carbons (Fsp3) is 0.0476. The molecule has 0 unspecified atom stereocenters. The minimum Gasteiger partial charge on any atom is -0.272 e. The van der Waals surface area contributed by atoms with E-state index in [-0.39, 0.29) is 17.2 Å². The number of hydrogen-bond acceptors (Lipinski definition) is 6. The van der Waals surface area contributed by atoms with Gasteiger partial charge in [-0.15, -0.1) is 11.3 Å². The van der Waals surface area contributed by atoms with Gasteiger partial charge in [0.05, 0.1) is 28.6 Å². The van der Waals surface area contributed by atoms with Crippen molar-refractivity contribution in [3.63, 3.8) is 0 Å². The van der Waals surface area contributed by atoms with Gasteiger partial charge in [-0.25, -0.2) is 10.4 Å². The maximum atomic E-state index is 13.1. The summed E-state index contributed by atoms with van der Waals surface area (Å²) in [6, 6.07) is 17.8. The standard InChI is InChI=1S/C21H15ClN4O2S2/c22-14-7-9-15(10-8-14)26-20(28)17-5-1-2-6-18(17)24-21(26)30-13-19(27)25-23-12-16-4-3-11-29-16/h1-12H,13H2,(H,25,27)/b23-12-. The fourth-order valence-electron chi connectivity index (χ4n) is 2.72. The lowest BCUT2D eigenvalue weighted by atomic mass is 10.2. The Kier molecular flexibility index (Phi) is 6.27. The summed E-state index contributed by atoms with van der Waals surface area (Å²) in [6.45, 7) is 0. The summed E-state index contributed by atoms with van der Waals surface area (Å²) in [4.78, 5) is 30.9. The predicted octanol–water partition coefficient (Wildman–Crippen LogP) is 4.34. The van der Waals surface area contributed by atoms with Crippen LogP contribution in [-0.4, -0.2) is 27.4 Å². The van der Waals surface area contributed by atoms with E-state index in [0.29, 0.717) is 26.8 Å². The van der Waals surface area contributed by atoms with Gasteiger partial charge in [-0.3, -0.25) is 14.2 Å². The van der Waals surface area contributed by atoms with Gasteiger partial charge in [-0.1, -0.05) is 41.6 Å². The number of amides is 1. The number of hydrogen-bond donors (Lipinski definition) is 1. The van der Waals surface area contributed by atoms with Crippen LogP contribution in [0.15, 0.2) is 81.1 Å². The topological polar surface area (TPSA) is 76.3 Å². The van der Waals surface area contributed by atoms with Crippen molar-refractivity contribution in [1.82, 2.24) is 15.0 Å². The predicted molar refractivity (Wildman–Crippen MR) is 123 cm³/mol. The van der Waals surface area contributed by atoms with Crippen molar-refractivity contribution in [2.24, 2.45) is 5.10 Å². The number of fused-ring (bicyclic) bond motifs is 1. The molecule has 2 heterocycles. The minimum atomic E-state index is -0.294. The summed E-state index contributed by atoms with van der Waals surface area (Å²) in [5.74, 6) is -0.238. The molecule has 9 heteroatoms. The van der Waals surface area contributed by atoms with Gasteiger partial charge >= 0.3 is 0 Å². The number of thiophene rings is 1. The molecular formula is C21H15ClN4O2S2. The first kappa shape index (κ1) is 20.3. The Morgan fingerprint density at radius 1 is 1.17 bits per heavy atom. The molecule has 0 spiro atoms. The largest absolute Gasteiger partial charge is 0.272 e. The van der Waals surface area contributed by atoms with Crippen LogP contribution in [-0.2, 0) is 4.79 Å². The number of para-hydroxylation sites is 1. The number of hydrazone groups is 1. The highest BCUT2D eigenvalue weighted by Gasteiger charge is 2.14. The molecule has 30 heavy (non-hydrogen) atoms.